The van der Waals surface area contributed by atoms with E-state index < -0.39 is 5.97 Å². The van der Waals surface area contributed by atoms with Crippen LogP contribution in [0.2, 0.25) is 0 Å². The number of aromatic nitrogens is 1. The SMILES string of the molecule is COC(=O)c1cccc(Nc2cc(C(=O)NCc3ccco3)ccn2)c1. The van der Waals surface area contributed by atoms with E-state index in [2.05, 4.69) is 15.6 Å². The highest BCUT2D eigenvalue weighted by Gasteiger charge is 2.09. The number of amides is 1. The van der Waals surface area contributed by atoms with Crippen molar-refractivity contribution in [1.29, 1.82) is 0 Å². The average molecular weight is 351 g/mol. The van der Waals surface area contributed by atoms with Crippen LogP contribution in [0.4, 0.5) is 11.5 Å². The Bertz CT molecular complexity index is 907. The van der Waals surface area contributed by atoms with Crippen molar-refractivity contribution in [2.75, 3.05) is 12.4 Å². The third-order valence-electron chi connectivity index (χ3n) is 3.58. The summed E-state index contributed by atoms with van der Waals surface area (Å²) in [7, 11) is 1.33. The van der Waals surface area contributed by atoms with Gasteiger partial charge in [0.15, 0.2) is 0 Å². The molecule has 0 atom stereocenters. The van der Waals surface area contributed by atoms with Gasteiger partial charge in [-0.05, 0) is 42.5 Å². The van der Waals surface area contributed by atoms with Gasteiger partial charge in [-0.1, -0.05) is 6.07 Å². The summed E-state index contributed by atoms with van der Waals surface area (Å²) < 4.78 is 9.89. The zero-order valence-corrected chi connectivity index (χ0v) is 14.1. The lowest BCUT2D eigenvalue weighted by Gasteiger charge is -2.09. The number of carbonyl (C=O) groups excluding carboxylic acids is 2. The highest BCUT2D eigenvalue weighted by atomic mass is 16.5. The summed E-state index contributed by atoms with van der Waals surface area (Å²) in [5.74, 6) is 0.492. The molecule has 0 radical (unpaired) electrons. The lowest BCUT2D eigenvalue weighted by Crippen LogP contribution is -2.22. The number of hydrogen-bond donors (Lipinski definition) is 2. The monoisotopic (exact) mass is 351 g/mol. The summed E-state index contributed by atoms with van der Waals surface area (Å²) in [6.07, 6.45) is 3.09. The second kappa shape index (κ2) is 7.98. The summed E-state index contributed by atoms with van der Waals surface area (Å²) in [6, 6.07) is 13.6. The predicted molar refractivity (Wildman–Crippen MR) is 95.2 cm³/mol. The van der Waals surface area contributed by atoms with Gasteiger partial charge >= 0.3 is 5.97 Å². The van der Waals surface area contributed by atoms with Crippen molar-refractivity contribution in [3.05, 3.63) is 77.9 Å². The van der Waals surface area contributed by atoms with Crippen LogP contribution in [0.3, 0.4) is 0 Å². The fraction of sp³-hybridized carbons (Fsp3) is 0.105. The molecule has 1 aromatic carbocycles. The van der Waals surface area contributed by atoms with E-state index >= 15 is 0 Å². The average Bonchev–Trinajstić information content (AvgIpc) is 3.19. The number of carbonyl (C=O) groups is 2. The summed E-state index contributed by atoms with van der Waals surface area (Å²) in [6.45, 7) is 0.304. The van der Waals surface area contributed by atoms with E-state index in [9.17, 15) is 9.59 Å². The minimum absolute atomic E-state index is 0.241. The first kappa shape index (κ1) is 17.2. The molecule has 1 amide bonds. The standard InChI is InChI=1S/C19H17N3O4/c1-25-19(24)14-4-2-5-15(10-14)22-17-11-13(7-8-20-17)18(23)21-12-16-6-3-9-26-16/h2-11H,12H2,1H3,(H,20,22)(H,21,23). The molecule has 3 rings (SSSR count). The molecular formula is C19H17N3O4. The maximum Gasteiger partial charge on any atom is 0.337 e. The van der Waals surface area contributed by atoms with Crippen LogP contribution in [0.15, 0.2) is 65.4 Å². The number of pyridine rings is 1. The van der Waals surface area contributed by atoms with Crippen LogP contribution in [-0.2, 0) is 11.3 Å². The molecule has 2 aromatic heterocycles. The van der Waals surface area contributed by atoms with E-state index in [1.807, 2.05) is 0 Å². The number of rotatable bonds is 6. The molecule has 7 heteroatoms. The van der Waals surface area contributed by atoms with Crippen LogP contribution in [0.5, 0.6) is 0 Å². The first-order chi connectivity index (χ1) is 12.7. The van der Waals surface area contributed by atoms with Crippen LogP contribution < -0.4 is 10.6 Å². The summed E-state index contributed by atoms with van der Waals surface area (Å²) >= 11 is 0. The molecule has 2 heterocycles. The number of ether oxygens (including phenoxy) is 1. The predicted octanol–water partition coefficient (Wildman–Crippen LogP) is 3.13. The largest absolute Gasteiger partial charge is 0.467 e. The van der Waals surface area contributed by atoms with Gasteiger partial charge in [0.1, 0.15) is 11.6 Å². The Morgan fingerprint density at radius 3 is 2.77 bits per heavy atom. The van der Waals surface area contributed by atoms with Crippen molar-refractivity contribution in [2.45, 2.75) is 6.54 Å². The molecule has 0 bridgehead atoms. The minimum Gasteiger partial charge on any atom is -0.467 e. The topological polar surface area (TPSA) is 93.5 Å². The second-order valence-electron chi connectivity index (χ2n) is 5.39. The summed E-state index contributed by atoms with van der Waals surface area (Å²) in [5, 5.41) is 5.85. The van der Waals surface area contributed by atoms with Gasteiger partial charge < -0.3 is 19.8 Å². The molecule has 0 saturated heterocycles. The summed E-state index contributed by atoms with van der Waals surface area (Å²) in [4.78, 5) is 28.1. The molecule has 3 aromatic rings. The number of nitrogens with one attached hydrogen (secondary N) is 2. The van der Waals surface area contributed by atoms with Crippen molar-refractivity contribution in [3.8, 4) is 0 Å². The third-order valence-corrected chi connectivity index (χ3v) is 3.58. The zero-order valence-electron chi connectivity index (χ0n) is 14.1. The molecule has 0 aliphatic heterocycles. The molecule has 26 heavy (non-hydrogen) atoms. The Hall–Kier alpha value is -3.61. The van der Waals surface area contributed by atoms with Gasteiger partial charge in [-0.3, -0.25) is 4.79 Å². The van der Waals surface area contributed by atoms with E-state index in [0.29, 0.717) is 34.9 Å². The van der Waals surface area contributed by atoms with Crippen molar-refractivity contribution >= 4 is 23.4 Å². The highest BCUT2D eigenvalue weighted by molar-refractivity contribution is 5.95. The molecule has 0 aliphatic carbocycles. The second-order valence-corrected chi connectivity index (χ2v) is 5.39. The number of hydrogen-bond acceptors (Lipinski definition) is 6. The molecule has 0 fully saturated rings. The Morgan fingerprint density at radius 2 is 2.00 bits per heavy atom. The van der Waals surface area contributed by atoms with Crippen molar-refractivity contribution in [1.82, 2.24) is 10.3 Å². The fourth-order valence-electron chi connectivity index (χ4n) is 2.31. The van der Waals surface area contributed by atoms with Crippen molar-refractivity contribution < 1.29 is 18.7 Å². The first-order valence-electron chi connectivity index (χ1n) is 7.88. The van der Waals surface area contributed by atoms with Gasteiger partial charge in [-0.25, -0.2) is 9.78 Å². The van der Waals surface area contributed by atoms with Gasteiger partial charge in [0.05, 0.1) is 25.5 Å². The first-order valence-corrected chi connectivity index (χ1v) is 7.88. The van der Waals surface area contributed by atoms with Crippen LogP contribution in [0.1, 0.15) is 26.5 Å². The normalized spacial score (nSPS) is 10.2. The van der Waals surface area contributed by atoms with E-state index in [-0.39, 0.29) is 5.91 Å². The van der Waals surface area contributed by atoms with E-state index in [0.717, 1.165) is 0 Å². The number of anilines is 2. The number of esters is 1. The minimum atomic E-state index is -0.423. The van der Waals surface area contributed by atoms with Crippen LogP contribution in [0.25, 0.3) is 0 Å². The molecular weight excluding hydrogens is 334 g/mol. The van der Waals surface area contributed by atoms with Crippen molar-refractivity contribution in [3.63, 3.8) is 0 Å². The van der Waals surface area contributed by atoms with E-state index in [4.69, 9.17) is 9.15 Å². The van der Waals surface area contributed by atoms with Gasteiger partial charge in [0.25, 0.3) is 5.91 Å². The molecule has 0 saturated carbocycles. The van der Waals surface area contributed by atoms with E-state index in [1.165, 1.54) is 13.3 Å². The quantitative estimate of drug-likeness (QED) is 0.663. The Morgan fingerprint density at radius 1 is 1.12 bits per heavy atom. The molecule has 2 N–H and O–H groups in total. The molecule has 132 valence electrons. The number of nitrogens with zero attached hydrogens (tertiary/aromatic N) is 1. The lowest BCUT2D eigenvalue weighted by molar-refractivity contribution is 0.0600. The van der Waals surface area contributed by atoms with Gasteiger partial charge in [0, 0.05) is 17.4 Å². The van der Waals surface area contributed by atoms with Gasteiger partial charge in [-0.2, -0.15) is 0 Å². The molecule has 0 spiro atoms. The molecule has 7 nitrogen and oxygen atoms in total. The maximum atomic E-state index is 12.3. The highest BCUT2D eigenvalue weighted by Crippen LogP contribution is 2.17. The van der Waals surface area contributed by atoms with Crippen LogP contribution >= 0.6 is 0 Å². The van der Waals surface area contributed by atoms with Crippen LogP contribution in [-0.4, -0.2) is 24.0 Å². The Balaban J connectivity index is 1.69. The molecule has 0 aliphatic rings. The number of methoxy groups -OCH3 is 1. The Kier molecular flexibility index (Phi) is 5.28. The Labute approximate surface area is 150 Å². The van der Waals surface area contributed by atoms with Crippen LogP contribution in [0, 0.1) is 0 Å². The van der Waals surface area contributed by atoms with Crippen molar-refractivity contribution in [2.24, 2.45) is 0 Å². The fourth-order valence-corrected chi connectivity index (χ4v) is 2.31. The summed E-state index contributed by atoms with van der Waals surface area (Å²) in [5.41, 5.74) is 1.54. The molecule has 0 unspecified atom stereocenters. The van der Waals surface area contributed by atoms with Gasteiger partial charge in [-0.15, -0.1) is 0 Å². The van der Waals surface area contributed by atoms with Gasteiger partial charge in [0.2, 0.25) is 0 Å². The van der Waals surface area contributed by atoms with E-state index in [1.54, 1.807) is 54.8 Å². The lowest BCUT2D eigenvalue weighted by atomic mass is 10.2. The number of benzene rings is 1. The smallest absolute Gasteiger partial charge is 0.337 e. The third kappa shape index (κ3) is 4.27. The zero-order chi connectivity index (χ0) is 18.4. The maximum absolute atomic E-state index is 12.3. The number of furan rings is 1.